The quantitative estimate of drug-likeness (QED) is 0.918. The van der Waals surface area contributed by atoms with E-state index in [2.05, 4.69) is 70.7 Å². The van der Waals surface area contributed by atoms with Gasteiger partial charge in [0, 0.05) is 22.8 Å². The average molecular weight is 308 g/mol. The van der Waals surface area contributed by atoms with E-state index in [0.29, 0.717) is 0 Å². The van der Waals surface area contributed by atoms with Crippen LogP contribution in [0.4, 0.5) is 0 Å². The van der Waals surface area contributed by atoms with Crippen LogP contribution in [-0.4, -0.2) is 16.3 Å². The van der Waals surface area contributed by atoms with Crippen LogP contribution in [0.5, 0.6) is 0 Å². The minimum absolute atomic E-state index is 0.211. The summed E-state index contributed by atoms with van der Waals surface area (Å²) in [5.74, 6) is 0. The van der Waals surface area contributed by atoms with E-state index in [9.17, 15) is 0 Å². The number of nitrogens with one attached hydrogen (secondary N) is 1. The molecule has 0 aliphatic heterocycles. The molecule has 1 atom stereocenters. The summed E-state index contributed by atoms with van der Waals surface area (Å²) >= 11 is 3.47. The van der Waals surface area contributed by atoms with E-state index >= 15 is 0 Å². The zero-order chi connectivity index (χ0) is 13.0. The van der Waals surface area contributed by atoms with E-state index in [1.54, 1.807) is 0 Å². The van der Waals surface area contributed by atoms with Gasteiger partial charge in [-0.2, -0.15) is 5.10 Å². The number of benzene rings is 1. The highest BCUT2D eigenvalue weighted by molar-refractivity contribution is 9.10. The fourth-order valence-corrected chi connectivity index (χ4v) is 2.25. The Morgan fingerprint density at radius 2 is 1.94 bits per heavy atom. The van der Waals surface area contributed by atoms with Gasteiger partial charge in [0.25, 0.3) is 0 Å². The maximum atomic E-state index is 4.35. The lowest BCUT2D eigenvalue weighted by Gasteiger charge is -2.16. The van der Waals surface area contributed by atoms with Crippen LogP contribution in [0.15, 0.2) is 41.1 Å². The van der Waals surface area contributed by atoms with Gasteiger partial charge in [0.2, 0.25) is 0 Å². The van der Waals surface area contributed by atoms with Crippen LogP contribution >= 0.6 is 15.9 Å². The summed E-state index contributed by atoms with van der Waals surface area (Å²) in [5.41, 5.74) is 2.47. The second-order valence-corrected chi connectivity index (χ2v) is 5.09. The molecule has 0 saturated carbocycles. The largest absolute Gasteiger partial charge is 0.306 e. The van der Waals surface area contributed by atoms with Crippen molar-refractivity contribution < 1.29 is 0 Å². The number of aromatic nitrogens is 2. The molecular weight excluding hydrogens is 290 g/mol. The summed E-state index contributed by atoms with van der Waals surface area (Å²) in [4.78, 5) is 0. The Kier molecular flexibility index (Phi) is 4.55. The molecule has 0 saturated heterocycles. The van der Waals surface area contributed by atoms with E-state index in [1.165, 1.54) is 11.1 Å². The molecule has 1 aromatic carbocycles. The van der Waals surface area contributed by atoms with Crippen molar-refractivity contribution in [3.63, 3.8) is 0 Å². The number of nitrogens with zero attached hydrogens (tertiary/aromatic N) is 2. The predicted molar refractivity (Wildman–Crippen MR) is 77.6 cm³/mol. The second kappa shape index (κ2) is 6.16. The van der Waals surface area contributed by atoms with Gasteiger partial charge in [-0.15, -0.1) is 0 Å². The molecule has 1 unspecified atom stereocenters. The third-order valence-corrected chi connectivity index (χ3v) is 3.45. The molecule has 0 spiro atoms. The summed E-state index contributed by atoms with van der Waals surface area (Å²) < 4.78 is 3.06. The van der Waals surface area contributed by atoms with Gasteiger partial charge in [-0.05, 0) is 31.2 Å². The van der Waals surface area contributed by atoms with Crippen molar-refractivity contribution in [1.29, 1.82) is 0 Å². The average Bonchev–Trinajstić information content (AvgIpc) is 2.86. The molecule has 0 bridgehead atoms. The highest BCUT2D eigenvalue weighted by Crippen LogP contribution is 2.23. The Hall–Kier alpha value is -1.13. The Morgan fingerprint density at radius 1 is 1.22 bits per heavy atom. The first kappa shape index (κ1) is 13.3. The van der Waals surface area contributed by atoms with Gasteiger partial charge < -0.3 is 5.32 Å². The summed E-state index contributed by atoms with van der Waals surface area (Å²) in [6.07, 6.45) is 4.05. The molecule has 0 fully saturated rings. The Balaban J connectivity index is 2.29. The standard InChI is InChI=1S/C14H18BrN3/c1-3-16-14(11-5-7-13(15)8-6-11)12-9-17-18(4-2)10-12/h5-10,14,16H,3-4H2,1-2H3. The fraction of sp³-hybridized carbons (Fsp3) is 0.357. The van der Waals surface area contributed by atoms with Gasteiger partial charge in [-0.3, -0.25) is 4.68 Å². The molecule has 3 nitrogen and oxygen atoms in total. The first-order valence-electron chi connectivity index (χ1n) is 6.25. The van der Waals surface area contributed by atoms with Crippen LogP contribution in [0.25, 0.3) is 0 Å². The molecule has 1 heterocycles. The molecule has 4 heteroatoms. The van der Waals surface area contributed by atoms with Gasteiger partial charge in [0.15, 0.2) is 0 Å². The highest BCUT2D eigenvalue weighted by atomic mass is 79.9. The SMILES string of the molecule is CCNC(c1ccc(Br)cc1)c1cnn(CC)c1. The van der Waals surface area contributed by atoms with Crippen LogP contribution in [0.1, 0.15) is 31.0 Å². The van der Waals surface area contributed by atoms with Gasteiger partial charge in [-0.1, -0.05) is 35.0 Å². The van der Waals surface area contributed by atoms with Crippen molar-refractivity contribution in [2.45, 2.75) is 26.4 Å². The lowest BCUT2D eigenvalue weighted by atomic mass is 10.0. The number of hydrogen-bond donors (Lipinski definition) is 1. The molecule has 1 aromatic heterocycles. The molecule has 2 rings (SSSR count). The number of rotatable bonds is 5. The van der Waals surface area contributed by atoms with Crippen LogP contribution in [0.2, 0.25) is 0 Å². The Bertz CT molecular complexity index is 490. The van der Waals surface area contributed by atoms with Gasteiger partial charge in [-0.25, -0.2) is 0 Å². The molecule has 0 amide bonds. The molecule has 2 aromatic rings. The fourth-order valence-electron chi connectivity index (χ4n) is 1.99. The first-order chi connectivity index (χ1) is 8.74. The molecule has 0 radical (unpaired) electrons. The first-order valence-corrected chi connectivity index (χ1v) is 7.05. The van der Waals surface area contributed by atoms with Crippen molar-refractivity contribution in [1.82, 2.24) is 15.1 Å². The minimum Gasteiger partial charge on any atom is -0.306 e. The zero-order valence-corrected chi connectivity index (χ0v) is 12.3. The lowest BCUT2D eigenvalue weighted by Crippen LogP contribution is -2.21. The Labute approximate surface area is 116 Å². The number of halogens is 1. The van der Waals surface area contributed by atoms with E-state index in [0.717, 1.165) is 17.6 Å². The van der Waals surface area contributed by atoms with Crippen LogP contribution in [0.3, 0.4) is 0 Å². The highest BCUT2D eigenvalue weighted by Gasteiger charge is 2.14. The summed E-state index contributed by atoms with van der Waals surface area (Å²) in [6.45, 7) is 6.05. The summed E-state index contributed by atoms with van der Waals surface area (Å²) in [6, 6.07) is 8.64. The molecule has 0 aliphatic carbocycles. The van der Waals surface area contributed by atoms with Crippen molar-refractivity contribution in [2.75, 3.05) is 6.54 Å². The van der Waals surface area contributed by atoms with Gasteiger partial charge in [0.1, 0.15) is 0 Å². The molecule has 0 aliphatic rings. The Morgan fingerprint density at radius 3 is 2.50 bits per heavy atom. The zero-order valence-electron chi connectivity index (χ0n) is 10.7. The maximum absolute atomic E-state index is 4.35. The van der Waals surface area contributed by atoms with E-state index in [-0.39, 0.29) is 6.04 Å². The number of hydrogen-bond acceptors (Lipinski definition) is 2. The summed E-state index contributed by atoms with van der Waals surface area (Å²) in [7, 11) is 0. The van der Waals surface area contributed by atoms with Gasteiger partial charge >= 0.3 is 0 Å². The minimum atomic E-state index is 0.211. The maximum Gasteiger partial charge on any atom is 0.0607 e. The smallest absolute Gasteiger partial charge is 0.0607 e. The molecule has 1 N–H and O–H groups in total. The third kappa shape index (κ3) is 3.00. The van der Waals surface area contributed by atoms with E-state index < -0.39 is 0 Å². The lowest BCUT2D eigenvalue weighted by molar-refractivity contribution is 0.625. The molecular formula is C14H18BrN3. The topological polar surface area (TPSA) is 29.9 Å². The number of aryl methyl sites for hydroxylation is 1. The van der Waals surface area contributed by atoms with Crippen molar-refractivity contribution in [3.8, 4) is 0 Å². The van der Waals surface area contributed by atoms with E-state index in [1.807, 2.05) is 10.9 Å². The van der Waals surface area contributed by atoms with E-state index in [4.69, 9.17) is 0 Å². The van der Waals surface area contributed by atoms with Crippen LogP contribution in [0, 0.1) is 0 Å². The van der Waals surface area contributed by atoms with Crippen LogP contribution < -0.4 is 5.32 Å². The monoisotopic (exact) mass is 307 g/mol. The van der Waals surface area contributed by atoms with Crippen molar-refractivity contribution >= 4 is 15.9 Å². The third-order valence-electron chi connectivity index (χ3n) is 2.92. The summed E-state index contributed by atoms with van der Waals surface area (Å²) in [5, 5.41) is 7.85. The van der Waals surface area contributed by atoms with Crippen molar-refractivity contribution in [2.24, 2.45) is 0 Å². The van der Waals surface area contributed by atoms with Crippen LogP contribution in [-0.2, 0) is 6.54 Å². The van der Waals surface area contributed by atoms with Gasteiger partial charge in [0.05, 0.1) is 12.2 Å². The normalized spacial score (nSPS) is 12.6. The predicted octanol–water partition coefficient (Wildman–Crippen LogP) is 3.36. The second-order valence-electron chi connectivity index (χ2n) is 4.17. The molecule has 18 heavy (non-hydrogen) atoms. The molecule has 96 valence electrons. The van der Waals surface area contributed by atoms with Crippen molar-refractivity contribution in [3.05, 3.63) is 52.3 Å².